The molecule has 0 aliphatic heterocycles. The average Bonchev–Trinajstić information content (AvgIpc) is 2.39. The van der Waals surface area contributed by atoms with Gasteiger partial charge in [-0.1, -0.05) is 0 Å². The maximum absolute atomic E-state index is 13.4. The summed E-state index contributed by atoms with van der Waals surface area (Å²) in [6.07, 6.45) is 0. The monoisotopic (exact) mass is 244 g/mol. The molecule has 2 rings (SSSR count). The standard InChI is InChI=1S/C12H9FN4O/c13-11-7-10(17-18)5-6-12(11)16-15-9-3-1-8(14)2-4-9/h1-7H,14H2/b16-15+. The molecule has 0 aromatic heterocycles. The molecule has 0 radical (unpaired) electrons. The molecular formula is C12H9FN4O. The number of halogens is 1. The Kier molecular flexibility index (Phi) is 3.38. The van der Waals surface area contributed by atoms with Crippen molar-refractivity contribution >= 4 is 22.7 Å². The highest BCUT2D eigenvalue weighted by Crippen LogP contribution is 2.25. The number of benzene rings is 2. The van der Waals surface area contributed by atoms with Crippen LogP contribution in [0.5, 0.6) is 0 Å². The number of hydrogen-bond acceptors (Lipinski definition) is 5. The first-order valence-electron chi connectivity index (χ1n) is 5.09. The molecule has 0 amide bonds. The predicted molar refractivity (Wildman–Crippen MR) is 66.9 cm³/mol. The molecule has 0 spiro atoms. The zero-order valence-electron chi connectivity index (χ0n) is 9.25. The van der Waals surface area contributed by atoms with Gasteiger partial charge in [0.15, 0.2) is 5.82 Å². The molecule has 5 nitrogen and oxygen atoms in total. The van der Waals surface area contributed by atoms with Crippen molar-refractivity contribution in [3.05, 3.63) is 53.2 Å². The van der Waals surface area contributed by atoms with Crippen molar-refractivity contribution in [3.8, 4) is 0 Å². The van der Waals surface area contributed by atoms with Crippen LogP contribution in [0.15, 0.2) is 57.9 Å². The van der Waals surface area contributed by atoms with Crippen molar-refractivity contribution in [1.29, 1.82) is 0 Å². The lowest BCUT2D eigenvalue weighted by atomic mass is 10.3. The molecule has 0 aliphatic carbocycles. The van der Waals surface area contributed by atoms with Crippen LogP contribution in [0.4, 0.5) is 27.1 Å². The van der Waals surface area contributed by atoms with E-state index in [2.05, 4.69) is 15.4 Å². The normalized spacial score (nSPS) is 10.7. The fraction of sp³-hybridized carbons (Fsp3) is 0. The van der Waals surface area contributed by atoms with Crippen molar-refractivity contribution in [2.24, 2.45) is 15.4 Å². The second-order valence-corrected chi connectivity index (χ2v) is 3.52. The van der Waals surface area contributed by atoms with Crippen LogP contribution in [-0.4, -0.2) is 0 Å². The third-order valence-corrected chi connectivity index (χ3v) is 2.20. The number of anilines is 1. The van der Waals surface area contributed by atoms with Gasteiger partial charge in [-0.3, -0.25) is 0 Å². The van der Waals surface area contributed by atoms with E-state index < -0.39 is 5.82 Å². The first kappa shape index (κ1) is 11.8. The molecule has 0 aliphatic rings. The molecule has 90 valence electrons. The Morgan fingerprint density at radius 2 is 1.61 bits per heavy atom. The third-order valence-electron chi connectivity index (χ3n) is 2.20. The van der Waals surface area contributed by atoms with E-state index >= 15 is 0 Å². The van der Waals surface area contributed by atoms with Gasteiger partial charge in [-0.25, -0.2) is 4.39 Å². The summed E-state index contributed by atoms with van der Waals surface area (Å²) in [6, 6.07) is 10.4. The zero-order chi connectivity index (χ0) is 13.0. The average molecular weight is 244 g/mol. The minimum atomic E-state index is -0.647. The van der Waals surface area contributed by atoms with Crippen LogP contribution in [-0.2, 0) is 0 Å². The van der Waals surface area contributed by atoms with Crippen LogP contribution >= 0.6 is 0 Å². The van der Waals surface area contributed by atoms with Gasteiger partial charge in [0.1, 0.15) is 11.4 Å². The maximum atomic E-state index is 13.4. The van der Waals surface area contributed by atoms with E-state index in [0.717, 1.165) is 6.07 Å². The minimum Gasteiger partial charge on any atom is -0.399 e. The first-order valence-corrected chi connectivity index (χ1v) is 5.09. The minimum absolute atomic E-state index is 0.0129. The lowest BCUT2D eigenvalue weighted by molar-refractivity contribution is 0.628. The smallest absolute Gasteiger partial charge is 0.152 e. The Morgan fingerprint density at radius 3 is 2.22 bits per heavy atom. The fourth-order valence-corrected chi connectivity index (χ4v) is 1.29. The van der Waals surface area contributed by atoms with Crippen LogP contribution in [0.1, 0.15) is 0 Å². The molecule has 2 aromatic carbocycles. The number of rotatable bonds is 3. The fourth-order valence-electron chi connectivity index (χ4n) is 1.29. The Balaban J connectivity index is 2.23. The molecule has 18 heavy (non-hydrogen) atoms. The van der Waals surface area contributed by atoms with Crippen LogP contribution in [0, 0.1) is 10.7 Å². The van der Waals surface area contributed by atoms with Gasteiger partial charge in [0.2, 0.25) is 0 Å². The molecule has 0 unspecified atom stereocenters. The molecule has 0 heterocycles. The summed E-state index contributed by atoms with van der Waals surface area (Å²) in [5.74, 6) is -0.647. The van der Waals surface area contributed by atoms with Gasteiger partial charge >= 0.3 is 0 Å². The number of hydrogen-bond donors (Lipinski definition) is 1. The topological polar surface area (TPSA) is 80.2 Å². The molecule has 0 saturated carbocycles. The molecule has 0 saturated heterocycles. The van der Waals surface area contributed by atoms with E-state index in [1.165, 1.54) is 12.1 Å². The number of azo groups is 1. The van der Waals surface area contributed by atoms with E-state index in [4.69, 9.17) is 5.73 Å². The Labute approximate surface area is 102 Å². The van der Waals surface area contributed by atoms with E-state index in [0.29, 0.717) is 11.4 Å². The molecule has 0 atom stereocenters. The number of nitrogens with two attached hydrogens (primary N) is 1. The number of nitroso groups, excluding NO2 is 1. The summed E-state index contributed by atoms with van der Waals surface area (Å²) in [6.45, 7) is 0. The van der Waals surface area contributed by atoms with E-state index in [1.807, 2.05) is 0 Å². The van der Waals surface area contributed by atoms with Crippen molar-refractivity contribution < 1.29 is 4.39 Å². The van der Waals surface area contributed by atoms with Crippen LogP contribution in [0.25, 0.3) is 0 Å². The van der Waals surface area contributed by atoms with Crippen molar-refractivity contribution in [3.63, 3.8) is 0 Å². The lowest BCUT2D eigenvalue weighted by Gasteiger charge is -1.96. The van der Waals surface area contributed by atoms with E-state index in [-0.39, 0.29) is 11.4 Å². The van der Waals surface area contributed by atoms with Gasteiger partial charge in [0, 0.05) is 11.8 Å². The highest BCUT2D eigenvalue weighted by Gasteiger charge is 2.02. The summed E-state index contributed by atoms with van der Waals surface area (Å²) in [4.78, 5) is 10.2. The Bertz CT molecular complexity index is 596. The SMILES string of the molecule is Nc1ccc(/N=N/c2ccc(N=O)cc2F)cc1. The molecular weight excluding hydrogens is 235 g/mol. The molecule has 0 fully saturated rings. The summed E-state index contributed by atoms with van der Waals surface area (Å²) in [7, 11) is 0. The van der Waals surface area contributed by atoms with Gasteiger partial charge < -0.3 is 5.73 Å². The zero-order valence-corrected chi connectivity index (χ0v) is 9.25. The second-order valence-electron chi connectivity index (χ2n) is 3.52. The highest BCUT2D eigenvalue weighted by atomic mass is 19.1. The lowest BCUT2D eigenvalue weighted by Crippen LogP contribution is -1.80. The number of nitrogen functional groups attached to an aromatic ring is 1. The second kappa shape index (κ2) is 5.13. The summed E-state index contributed by atoms with van der Waals surface area (Å²) in [5, 5.41) is 10.2. The van der Waals surface area contributed by atoms with Crippen LogP contribution < -0.4 is 5.73 Å². The molecule has 6 heteroatoms. The highest BCUT2D eigenvalue weighted by molar-refractivity contribution is 5.50. The summed E-state index contributed by atoms with van der Waals surface area (Å²) >= 11 is 0. The summed E-state index contributed by atoms with van der Waals surface area (Å²) in [5.41, 5.74) is 6.74. The quantitative estimate of drug-likeness (QED) is 0.498. The molecule has 2 N–H and O–H groups in total. The Morgan fingerprint density at radius 1 is 0.944 bits per heavy atom. The van der Waals surface area contributed by atoms with Crippen molar-refractivity contribution in [2.45, 2.75) is 0 Å². The first-order chi connectivity index (χ1) is 8.69. The van der Waals surface area contributed by atoms with E-state index in [9.17, 15) is 9.30 Å². The third kappa shape index (κ3) is 2.73. The van der Waals surface area contributed by atoms with Crippen LogP contribution in [0.2, 0.25) is 0 Å². The van der Waals surface area contributed by atoms with Crippen molar-refractivity contribution in [2.75, 3.05) is 5.73 Å². The number of nitrogens with zero attached hydrogens (tertiary/aromatic N) is 3. The van der Waals surface area contributed by atoms with Crippen molar-refractivity contribution in [1.82, 2.24) is 0 Å². The van der Waals surface area contributed by atoms with Gasteiger partial charge in [0.05, 0.1) is 5.69 Å². The van der Waals surface area contributed by atoms with Gasteiger partial charge in [-0.05, 0) is 41.6 Å². The maximum Gasteiger partial charge on any atom is 0.152 e. The summed E-state index contributed by atoms with van der Waals surface area (Å²) < 4.78 is 13.4. The van der Waals surface area contributed by atoms with E-state index in [1.54, 1.807) is 24.3 Å². The van der Waals surface area contributed by atoms with Gasteiger partial charge in [-0.2, -0.15) is 5.11 Å². The molecule has 0 bridgehead atoms. The molecule has 2 aromatic rings. The van der Waals surface area contributed by atoms with Crippen LogP contribution in [0.3, 0.4) is 0 Å². The Hall–Kier alpha value is -2.63. The van der Waals surface area contributed by atoms with Gasteiger partial charge in [0.25, 0.3) is 0 Å². The predicted octanol–water partition coefficient (Wildman–Crippen LogP) is 4.22. The largest absolute Gasteiger partial charge is 0.399 e. The van der Waals surface area contributed by atoms with Gasteiger partial charge in [-0.15, -0.1) is 10.0 Å².